The molecule has 4 heterocycles. The summed E-state index contributed by atoms with van der Waals surface area (Å²) in [6, 6.07) is 6.80. The molecule has 0 spiro atoms. The molecule has 1 amide bonds. The van der Waals surface area contributed by atoms with Gasteiger partial charge in [-0.1, -0.05) is 0 Å². The van der Waals surface area contributed by atoms with Gasteiger partial charge in [-0.15, -0.1) is 0 Å². The van der Waals surface area contributed by atoms with Crippen molar-refractivity contribution < 1.29 is 23.2 Å². The third kappa shape index (κ3) is 4.33. The first-order chi connectivity index (χ1) is 16.5. The van der Waals surface area contributed by atoms with E-state index in [9.17, 15) is 18.4 Å². The lowest BCUT2D eigenvalue weighted by Gasteiger charge is -2.27. The van der Waals surface area contributed by atoms with E-state index >= 15 is 0 Å². The normalized spacial score (nSPS) is 18.9. The van der Waals surface area contributed by atoms with Crippen LogP contribution in [0.15, 0.2) is 42.7 Å². The zero-order chi connectivity index (χ0) is 23.7. The molecule has 5 rings (SSSR count). The van der Waals surface area contributed by atoms with Gasteiger partial charge in [-0.3, -0.25) is 4.79 Å². The van der Waals surface area contributed by atoms with E-state index in [1.54, 1.807) is 16.8 Å². The fourth-order valence-corrected chi connectivity index (χ4v) is 4.78. The second-order valence-corrected chi connectivity index (χ2v) is 8.67. The highest BCUT2D eigenvalue weighted by atomic mass is 19.1. The molecular formula is C24H25F2N5O3. The van der Waals surface area contributed by atoms with Crippen molar-refractivity contribution in [2.45, 2.75) is 31.7 Å². The van der Waals surface area contributed by atoms with Crippen LogP contribution in [0, 0.1) is 17.6 Å². The molecule has 2 aliphatic rings. The highest BCUT2D eigenvalue weighted by Gasteiger charge is 2.30. The average Bonchev–Trinajstić information content (AvgIpc) is 3.51. The van der Waals surface area contributed by atoms with E-state index in [2.05, 4.69) is 15.9 Å². The second kappa shape index (κ2) is 9.38. The molecular weight excluding hydrogens is 444 g/mol. The lowest BCUT2D eigenvalue weighted by Crippen LogP contribution is -2.36. The molecule has 0 saturated carbocycles. The molecule has 2 N–H and O–H groups in total. The predicted molar refractivity (Wildman–Crippen MR) is 120 cm³/mol. The Bertz CT molecular complexity index is 1220. The topological polar surface area (TPSA) is 88.0 Å². The van der Waals surface area contributed by atoms with Crippen LogP contribution >= 0.6 is 0 Å². The fraction of sp³-hybridized carbons (Fsp3) is 0.375. The van der Waals surface area contributed by atoms with E-state index in [4.69, 9.17) is 4.84 Å². The number of carbonyl (C=O) groups excluding carboxylic acids is 2. The van der Waals surface area contributed by atoms with Crippen molar-refractivity contribution in [1.82, 2.24) is 20.4 Å². The molecule has 2 aliphatic heterocycles. The van der Waals surface area contributed by atoms with Gasteiger partial charge in [0, 0.05) is 24.0 Å². The molecule has 8 nitrogen and oxygen atoms in total. The summed E-state index contributed by atoms with van der Waals surface area (Å²) in [6.45, 7) is 2.14. The molecule has 0 bridgehead atoms. The van der Waals surface area contributed by atoms with Gasteiger partial charge in [-0.25, -0.2) is 18.1 Å². The van der Waals surface area contributed by atoms with Crippen molar-refractivity contribution in [3.8, 4) is 0 Å². The molecule has 0 aliphatic carbocycles. The van der Waals surface area contributed by atoms with Gasteiger partial charge in [0.15, 0.2) is 0 Å². The standard InChI is InChI=1S/C24H25F2N5O3/c25-16-3-4-20(26)18(12-16)21-2-1-10-30(21)17-7-11-31-22(13-17)19(14-28-31)23(32)29-34-24(33)15-5-8-27-9-6-15/h3-4,7,11-15,21,27H,1-2,5-6,8-10H2,(H,29,32). The van der Waals surface area contributed by atoms with Crippen LogP contribution in [-0.2, 0) is 9.63 Å². The molecule has 2 aromatic heterocycles. The van der Waals surface area contributed by atoms with E-state index < -0.39 is 23.5 Å². The van der Waals surface area contributed by atoms with Gasteiger partial charge in [0.05, 0.1) is 29.2 Å². The largest absolute Gasteiger partial charge is 0.364 e. The van der Waals surface area contributed by atoms with Gasteiger partial charge in [-0.2, -0.15) is 10.6 Å². The van der Waals surface area contributed by atoms with E-state index in [0.29, 0.717) is 36.9 Å². The minimum Gasteiger partial charge on any atom is -0.364 e. The SMILES string of the molecule is O=C(NOC(=O)C1CCNCC1)c1cnn2ccc(N3CCCC3c3cc(F)ccc3F)cc12. The number of hydrogen-bond acceptors (Lipinski definition) is 6. The summed E-state index contributed by atoms with van der Waals surface area (Å²) in [5.41, 5.74) is 4.08. The number of nitrogens with zero attached hydrogens (tertiary/aromatic N) is 3. The molecule has 178 valence electrons. The quantitative estimate of drug-likeness (QED) is 0.571. The van der Waals surface area contributed by atoms with Crippen LogP contribution in [0.2, 0.25) is 0 Å². The second-order valence-electron chi connectivity index (χ2n) is 8.67. The molecule has 10 heteroatoms. The third-order valence-electron chi connectivity index (χ3n) is 6.57. The number of benzene rings is 1. The van der Waals surface area contributed by atoms with Gasteiger partial charge >= 0.3 is 5.97 Å². The van der Waals surface area contributed by atoms with E-state index in [1.807, 2.05) is 11.0 Å². The van der Waals surface area contributed by atoms with Crippen LogP contribution in [0.1, 0.15) is 47.6 Å². The number of pyridine rings is 1. The number of nitrogens with one attached hydrogen (secondary N) is 2. The van der Waals surface area contributed by atoms with Crippen LogP contribution < -0.4 is 15.7 Å². The number of halogens is 2. The molecule has 1 unspecified atom stereocenters. The molecule has 2 fully saturated rings. The number of anilines is 1. The first kappa shape index (κ1) is 22.3. The summed E-state index contributed by atoms with van der Waals surface area (Å²) < 4.78 is 29.8. The summed E-state index contributed by atoms with van der Waals surface area (Å²) in [4.78, 5) is 32.0. The molecule has 3 aromatic rings. The Labute approximate surface area is 194 Å². The summed E-state index contributed by atoms with van der Waals surface area (Å²) >= 11 is 0. The minimum atomic E-state index is -0.580. The Morgan fingerprint density at radius 2 is 1.94 bits per heavy atom. The first-order valence-electron chi connectivity index (χ1n) is 11.4. The Balaban J connectivity index is 1.36. The van der Waals surface area contributed by atoms with Crippen LogP contribution in [0.3, 0.4) is 0 Å². The molecule has 2 saturated heterocycles. The molecule has 34 heavy (non-hydrogen) atoms. The van der Waals surface area contributed by atoms with Gasteiger partial charge in [0.2, 0.25) is 0 Å². The number of rotatable bonds is 4. The van der Waals surface area contributed by atoms with Gasteiger partial charge < -0.3 is 15.1 Å². The van der Waals surface area contributed by atoms with E-state index in [1.165, 1.54) is 12.3 Å². The molecule has 0 radical (unpaired) electrons. The number of hydrogen-bond donors (Lipinski definition) is 2. The Hall–Kier alpha value is -3.53. The summed E-state index contributed by atoms with van der Waals surface area (Å²) in [6.07, 6.45) is 5.95. The average molecular weight is 469 g/mol. The third-order valence-corrected chi connectivity index (χ3v) is 6.57. The summed E-state index contributed by atoms with van der Waals surface area (Å²) in [5.74, 6) is -2.20. The number of fused-ring (bicyclic) bond motifs is 1. The highest BCUT2D eigenvalue weighted by molar-refractivity contribution is 6.01. The maximum Gasteiger partial charge on any atom is 0.335 e. The summed E-state index contributed by atoms with van der Waals surface area (Å²) in [7, 11) is 0. The molecule has 1 atom stereocenters. The number of amides is 1. The zero-order valence-electron chi connectivity index (χ0n) is 18.5. The Morgan fingerprint density at radius 3 is 2.76 bits per heavy atom. The summed E-state index contributed by atoms with van der Waals surface area (Å²) in [5, 5.41) is 7.38. The van der Waals surface area contributed by atoms with Crippen LogP contribution in [0.25, 0.3) is 5.52 Å². The van der Waals surface area contributed by atoms with E-state index in [0.717, 1.165) is 37.3 Å². The van der Waals surface area contributed by atoms with Crippen LogP contribution in [0.5, 0.6) is 0 Å². The van der Waals surface area contributed by atoms with Gasteiger partial charge in [0.1, 0.15) is 11.6 Å². The van der Waals surface area contributed by atoms with Crippen molar-refractivity contribution in [2.75, 3.05) is 24.5 Å². The van der Waals surface area contributed by atoms with Crippen molar-refractivity contribution in [3.05, 3.63) is 65.5 Å². The number of aromatic nitrogens is 2. The lowest BCUT2D eigenvalue weighted by atomic mass is 9.99. The van der Waals surface area contributed by atoms with Gasteiger partial charge in [-0.05, 0) is 69.1 Å². The number of carbonyl (C=O) groups is 2. The van der Waals surface area contributed by atoms with Gasteiger partial charge in [0.25, 0.3) is 5.91 Å². The monoisotopic (exact) mass is 469 g/mol. The van der Waals surface area contributed by atoms with E-state index in [-0.39, 0.29) is 17.5 Å². The maximum atomic E-state index is 14.5. The zero-order valence-corrected chi connectivity index (χ0v) is 18.5. The Morgan fingerprint density at radius 1 is 1.12 bits per heavy atom. The first-order valence-corrected chi connectivity index (χ1v) is 11.4. The van der Waals surface area contributed by atoms with Crippen LogP contribution in [-0.4, -0.2) is 41.1 Å². The number of hydroxylamine groups is 1. The fourth-order valence-electron chi connectivity index (χ4n) is 4.78. The van der Waals surface area contributed by atoms with Crippen molar-refractivity contribution in [3.63, 3.8) is 0 Å². The van der Waals surface area contributed by atoms with Crippen molar-refractivity contribution in [1.29, 1.82) is 0 Å². The van der Waals surface area contributed by atoms with Crippen LogP contribution in [0.4, 0.5) is 14.5 Å². The number of piperidine rings is 1. The van der Waals surface area contributed by atoms with Crippen molar-refractivity contribution in [2.24, 2.45) is 5.92 Å². The maximum absolute atomic E-state index is 14.5. The molecule has 1 aromatic carbocycles. The smallest absolute Gasteiger partial charge is 0.335 e. The minimum absolute atomic E-state index is 0.243. The van der Waals surface area contributed by atoms with Crippen molar-refractivity contribution >= 4 is 23.1 Å². The predicted octanol–water partition coefficient (Wildman–Crippen LogP) is 3.14. The lowest BCUT2D eigenvalue weighted by molar-refractivity contribution is -0.154. The highest BCUT2D eigenvalue weighted by Crippen LogP contribution is 2.38. The Kier molecular flexibility index (Phi) is 6.14.